The van der Waals surface area contributed by atoms with Gasteiger partial charge in [0.2, 0.25) is 0 Å². The maximum absolute atomic E-state index is 14.2. The van der Waals surface area contributed by atoms with Crippen molar-refractivity contribution >= 4 is 73.9 Å². The zero-order valence-electron chi connectivity index (χ0n) is 13.9. The van der Waals surface area contributed by atoms with Crippen LogP contribution in [0.4, 0.5) is 15.8 Å². The number of rotatable bonds is 7. The highest BCUT2D eigenvalue weighted by molar-refractivity contribution is 14.1. The maximum atomic E-state index is 14.2. The summed E-state index contributed by atoms with van der Waals surface area (Å²) in [5, 5.41) is 13.9. The van der Waals surface area contributed by atoms with Gasteiger partial charge in [-0.1, -0.05) is 56.8 Å². The summed E-state index contributed by atoms with van der Waals surface area (Å²) >= 11 is 10.1. The lowest BCUT2D eigenvalue weighted by atomic mass is 10.1. The number of alkyl halides is 2. The van der Waals surface area contributed by atoms with E-state index >= 15 is 0 Å². The summed E-state index contributed by atoms with van der Waals surface area (Å²) in [7, 11) is 0. The maximum Gasteiger partial charge on any atom is 0.275 e. The van der Waals surface area contributed by atoms with Crippen molar-refractivity contribution in [2.75, 3.05) is 5.32 Å². The first-order valence-corrected chi connectivity index (χ1v) is 10.9. The number of ketones is 1. The number of carbonyl (C=O) groups is 1. The zero-order valence-corrected chi connectivity index (χ0v) is 19.0. The third-order valence-electron chi connectivity index (χ3n) is 3.50. The van der Waals surface area contributed by atoms with Crippen LogP contribution in [-0.4, -0.2) is 15.7 Å². The molecule has 0 aliphatic heterocycles. The van der Waals surface area contributed by atoms with Gasteiger partial charge in [-0.25, -0.2) is 9.37 Å². The van der Waals surface area contributed by atoms with Gasteiger partial charge in [-0.2, -0.15) is 0 Å². The predicted octanol–water partition coefficient (Wildman–Crippen LogP) is 5.85. The number of carbonyl (C=O) groups excluding carboxylic acids is 1. The van der Waals surface area contributed by atoms with Crippen molar-refractivity contribution in [3.63, 3.8) is 0 Å². The molecule has 0 radical (unpaired) electrons. The normalized spacial score (nSPS) is 11.4. The summed E-state index contributed by atoms with van der Waals surface area (Å²) < 4.78 is 15.2. The highest BCUT2D eigenvalue weighted by atomic mass is 127. The summed E-state index contributed by atoms with van der Waals surface area (Å²) in [6.07, 6.45) is 1.24. The molecule has 0 aliphatic carbocycles. The van der Waals surface area contributed by atoms with Crippen LogP contribution >= 0.6 is 56.8 Å². The highest BCUT2D eigenvalue weighted by Gasteiger charge is 2.18. The summed E-state index contributed by atoms with van der Waals surface area (Å²) in [6, 6.07) is 5.52. The third-order valence-corrected chi connectivity index (χ3v) is 5.39. The molecule has 1 aromatic heterocycles. The quantitative estimate of drug-likeness (QED) is 0.0804. The van der Waals surface area contributed by atoms with E-state index in [-0.39, 0.29) is 27.7 Å². The van der Waals surface area contributed by atoms with E-state index in [1.54, 1.807) is 19.1 Å². The first kappa shape index (κ1) is 22.0. The first-order chi connectivity index (χ1) is 12.8. The standard InChI is InChI=1S/C17H13ClFI2N3O3/c1-9(4-16(25)12-3-2-11(8-21)23-17(12)18)22-14-6-15(24(26)27)10(7-20)5-13(14)19/h2-6,22H,7-8H2,1H3/b9-4-. The Morgan fingerprint density at radius 3 is 2.63 bits per heavy atom. The van der Waals surface area contributed by atoms with Crippen molar-refractivity contribution in [2.24, 2.45) is 0 Å². The molecule has 0 fully saturated rings. The van der Waals surface area contributed by atoms with E-state index in [1.807, 2.05) is 22.6 Å². The molecule has 1 N–H and O–H groups in total. The van der Waals surface area contributed by atoms with Gasteiger partial charge in [0.15, 0.2) is 5.78 Å². The summed E-state index contributed by atoms with van der Waals surface area (Å²) in [6.45, 7) is 1.55. The molecule has 0 unspecified atom stereocenters. The second-order valence-corrected chi connectivity index (χ2v) is 7.33. The lowest BCUT2D eigenvalue weighted by Gasteiger charge is -2.10. The molecular weight excluding hydrogens is 602 g/mol. The molecule has 0 atom stereocenters. The number of nitro groups is 1. The Morgan fingerprint density at radius 1 is 1.37 bits per heavy atom. The van der Waals surface area contributed by atoms with Crippen LogP contribution in [0, 0.1) is 15.9 Å². The van der Waals surface area contributed by atoms with Crippen LogP contribution in [0.25, 0.3) is 0 Å². The Bertz CT molecular complexity index is 938. The van der Waals surface area contributed by atoms with Crippen molar-refractivity contribution in [1.29, 1.82) is 0 Å². The number of hydrogen-bond acceptors (Lipinski definition) is 5. The monoisotopic (exact) mass is 615 g/mol. The number of halogens is 4. The molecular formula is C17H13ClFI2N3O3. The van der Waals surface area contributed by atoms with E-state index in [9.17, 15) is 19.3 Å². The van der Waals surface area contributed by atoms with Crippen molar-refractivity contribution < 1.29 is 14.1 Å². The molecule has 10 heteroatoms. The summed E-state index contributed by atoms with van der Waals surface area (Å²) in [5.41, 5.74) is 1.30. The van der Waals surface area contributed by atoms with Crippen molar-refractivity contribution in [3.8, 4) is 0 Å². The van der Waals surface area contributed by atoms with Gasteiger partial charge in [0.05, 0.1) is 21.9 Å². The second-order valence-electron chi connectivity index (χ2n) is 5.44. The highest BCUT2D eigenvalue weighted by Crippen LogP contribution is 2.29. The minimum absolute atomic E-state index is 0.0821. The van der Waals surface area contributed by atoms with E-state index in [0.717, 1.165) is 17.8 Å². The predicted molar refractivity (Wildman–Crippen MR) is 119 cm³/mol. The summed E-state index contributed by atoms with van der Waals surface area (Å²) in [4.78, 5) is 27.1. The van der Waals surface area contributed by atoms with Crippen LogP contribution in [-0.2, 0) is 8.86 Å². The Kier molecular flexibility index (Phi) is 7.91. The molecule has 0 saturated heterocycles. The number of nitro benzene ring substituents is 1. The van der Waals surface area contributed by atoms with Gasteiger partial charge in [0.25, 0.3) is 5.69 Å². The van der Waals surface area contributed by atoms with Gasteiger partial charge in [-0.15, -0.1) is 0 Å². The lowest BCUT2D eigenvalue weighted by molar-refractivity contribution is -0.385. The van der Waals surface area contributed by atoms with Crippen LogP contribution in [0.3, 0.4) is 0 Å². The van der Waals surface area contributed by atoms with Crippen LogP contribution in [0.2, 0.25) is 5.15 Å². The number of allylic oxidation sites excluding steroid dienone is 2. The number of benzene rings is 1. The van der Waals surface area contributed by atoms with Crippen molar-refractivity contribution in [1.82, 2.24) is 4.98 Å². The van der Waals surface area contributed by atoms with Gasteiger partial charge in [-0.05, 0) is 25.1 Å². The number of nitrogens with zero attached hydrogens (tertiary/aromatic N) is 2. The number of hydrogen-bond donors (Lipinski definition) is 1. The smallest absolute Gasteiger partial charge is 0.275 e. The summed E-state index contributed by atoms with van der Waals surface area (Å²) in [5.74, 6) is -1.05. The molecule has 0 amide bonds. The van der Waals surface area contributed by atoms with Gasteiger partial charge in [0.1, 0.15) is 11.0 Å². The number of anilines is 1. The molecule has 1 aromatic carbocycles. The van der Waals surface area contributed by atoms with Crippen LogP contribution < -0.4 is 5.32 Å². The number of nitrogens with one attached hydrogen (secondary N) is 1. The Balaban J connectivity index is 2.28. The molecule has 142 valence electrons. The molecule has 2 aromatic rings. The molecule has 0 saturated carbocycles. The van der Waals surface area contributed by atoms with Crippen molar-refractivity contribution in [2.45, 2.75) is 15.8 Å². The number of aromatic nitrogens is 1. The Morgan fingerprint density at radius 2 is 2.07 bits per heavy atom. The SMILES string of the molecule is C/C(=C/C(=O)c1ccc(CI)nc1Cl)Nc1cc([N+](=O)[O-])c(CI)cc1F. The largest absolute Gasteiger partial charge is 0.356 e. The van der Waals surface area contributed by atoms with E-state index in [0.29, 0.717) is 14.6 Å². The first-order valence-electron chi connectivity index (χ1n) is 7.50. The Hall–Kier alpha value is -1.34. The van der Waals surface area contributed by atoms with Crippen LogP contribution in [0.5, 0.6) is 0 Å². The lowest BCUT2D eigenvalue weighted by Crippen LogP contribution is -2.05. The van der Waals surface area contributed by atoms with Gasteiger partial charge < -0.3 is 5.32 Å². The average molecular weight is 616 g/mol. The third kappa shape index (κ3) is 5.57. The zero-order chi connectivity index (χ0) is 20.1. The van der Waals surface area contributed by atoms with Gasteiger partial charge >= 0.3 is 0 Å². The molecule has 6 nitrogen and oxygen atoms in total. The van der Waals surface area contributed by atoms with Crippen molar-refractivity contribution in [3.05, 3.63) is 73.9 Å². The second kappa shape index (κ2) is 9.73. The minimum Gasteiger partial charge on any atom is -0.356 e. The number of pyridine rings is 1. The van der Waals surface area contributed by atoms with E-state index in [4.69, 9.17) is 11.6 Å². The van der Waals surface area contributed by atoms with Gasteiger partial charge in [-0.3, -0.25) is 14.9 Å². The topological polar surface area (TPSA) is 85.1 Å². The molecule has 1 heterocycles. The van der Waals surface area contributed by atoms with E-state index in [2.05, 4.69) is 32.9 Å². The molecule has 0 spiro atoms. The molecule has 2 rings (SSSR count). The van der Waals surface area contributed by atoms with E-state index < -0.39 is 16.5 Å². The fourth-order valence-corrected chi connectivity index (χ4v) is 3.53. The average Bonchev–Trinajstić information content (AvgIpc) is 2.62. The van der Waals surface area contributed by atoms with Crippen LogP contribution in [0.1, 0.15) is 28.5 Å². The van der Waals surface area contributed by atoms with Crippen LogP contribution in [0.15, 0.2) is 36.0 Å². The molecule has 0 bridgehead atoms. The van der Waals surface area contributed by atoms with E-state index in [1.165, 1.54) is 6.08 Å². The minimum atomic E-state index is -0.640. The fraction of sp³-hybridized carbons (Fsp3) is 0.176. The Labute approximate surface area is 187 Å². The molecule has 27 heavy (non-hydrogen) atoms. The fourth-order valence-electron chi connectivity index (χ4n) is 2.23. The van der Waals surface area contributed by atoms with Gasteiger partial charge in [0, 0.05) is 32.3 Å². The molecule has 0 aliphatic rings.